The van der Waals surface area contributed by atoms with Crippen LogP contribution in [0.1, 0.15) is 31.9 Å². The molecule has 0 radical (unpaired) electrons. The van der Waals surface area contributed by atoms with Gasteiger partial charge in [-0.1, -0.05) is 6.07 Å². The number of hydrogen-bond acceptors (Lipinski definition) is 5. The molecule has 2 saturated heterocycles. The standard InChI is InChI=1S/C23H26N6O/c1-16-13-23(15-30-16)6-10-27(11-7-23)22-26-17(2)20(21-24-9-12-28(21)22)18-3-4-19-5-8-25-29(19)14-18/h3-5,8-9,12,14,16H,6-7,10-11,13,15H2,1-2H3/t16-/m0/s1. The molecular weight excluding hydrogens is 376 g/mol. The first-order chi connectivity index (χ1) is 14.6. The van der Waals surface area contributed by atoms with Gasteiger partial charge in [0.15, 0.2) is 0 Å². The largest absolute Gasteiger partial charge is 0.378 e. The normalized spacial score (nSPS) is 21.3. The number of pyridine rings is 1. The zero-order chi connectivity index (χ0) is 20.3. The van der Waals surface area contributed by atoms with Crippen LogP contribution in [0.5, 0.6) is 0 Å². The van der Waals surface area contributed by atoms with Gasteiger partial charge in [-0.25, -0.2) is 14.5 Å². The van der Waals surface area contributed by atoms with Crippen LogP contribution >= 0.6 is 0 Å². The van der Waals surface area contributed by atoms with Gasteiger partial charge in [0.05, 0.1) is 23.9 Å². The lowest BCUT2D eigenvalue weighted by molar-refractivity contribution is 0.0975. The highest BCUT2D eigenvalue weighted by molar-refractivity contribution is 5.81. The van der Waals surface area contributed by atoms with Gasteiger partial charge in [0.1, 0.15) is 5.65 Å². The third-order valence-electron chi connectivity index (χ3n) is 6.90. The number of ether oxygens (including phenoxy) is 1. The highest BCUT2D eigenvalue weighted by Crippen LogP contribution is 2.42. The first-order valence-electron chi connectivity index (χ1n) is 10.8. The molecule has 0 amide bonds. The summed E-state index contributed by atoms with van der Waals surface area (Å²) in [4.78, 5) is 12.2. The zero-order valence-electron chi connectivity index (χ0n) is 17.5. The number of piperidine rings is 1. The third kappa shape index (κ3) is 2.72. The fraction of sp³-hybridized carbons (Fsp3) is 0.435. The minimum absolute atomic E-state index is 0.359. The van der Waals surface area contributed by atoms with E-state index < -0.39 is 0 Å². The van der Waals surface area contributed by atoms with Crippen molar-refractivity contribution in [2.45, 2.75) is 39.2 Å². The van der Waals surface area contributed by atoms with E-state index in [2.05, 4.69) is 46.6 Å². The molecule has 7 nitrogen and oxygen atoms in total. The maximum absolute atomic E-state index is 5.90. The monoisotopic (exact) mass is 402 g/mol. The van der Waals surface area contributed by atoms with E-state index in [0.29, 0.717) is 11.5 Å². The summed E-state index contributed by atoms with van der Waals surface area (Å²) in [5.41, 5.74) is 5.52. The van der Waals surface area contributed by atoms with Crippen LogP contribution < -0.4 is 4.90 Å². The number of anilines is 1. The molecule has 0 aliphatic carbocycles. The Hall–Kier alpha value is -2.93. The highest BCUT2D eigenvalue weighted by atomic mass is 16.5. The van der Waals surface area contributed by atoms with Crippen LogP contribution in [-0.2, 0) is 4.74 Å². The van der Waals surface area contributed by atoms with E-state index in [1.807, 2.05) is 29.2 Å². The van der Waals surface area contributed by atoms with Gasteiger partial charge in [-0.3, -0.25) is 4.40 Å². The summed E-state index contributed by atoms with van der Waals surface area (Å²) in [5, 5.41) is 4.38. The number of imidazole rings is 1. The molecule has 0 N–H and O–H groups in total. The van der Waals surface area contributed by atoms with E-state index in [4.69, 9.17) is 14.7 Å². The summed E-state index contributed by atoms with van der Waals surface area (Å²) in [5.74, 6) is 0.991. The third-order valence-corrected chi connectivity index (χ3v) is 6.90. The SMILES string of the molecule is Cc1nc(N2CCC3(CC2)CO[C@@H](C)C3)n2ccnc2c1-c1ccc2ccnn2c1. The lowest BCUT2D eigenvalue weighted by Crippen LogP contribution is -2.41. The van der Waals surface area contributed by atoms with E-state index >= 15 is 0 Å². The fourth-order valence-electron chi connectivity index (χ4n) is 5.27. The molecule has 0 bridgehead atoms. The Labute approximate surface area is 175 Å². The fourth-order valence-corrected chi connectivity index (χ4v) is 5.27. The van der Waals surface area contributed by atoms with Gasteiger partial charge in [0, 0.05) is 49.0 Å². The Morgan fingerprint density at radius 1 is 1.13 bits per heavy atom. The van der Waals surface area contributed by atoms with Gasteiger partial charge in [0.2, 0.25) is 5.95 Å². The molecule has 4 aromatic rings. The Morgan fingerprint density at radius 3 is 2.80 bits per heavy atom. The van der Waals surface area contributed by atoms with Crippen molar-refractivity contribution < 1.29 is 4.74 Å². The average Bonchev–Trinajstić information content (AvgIpc) is 3.48. The molecule has 4 aromatic heterocycles. The molecule has 0 unspecified atom stereocenters. The van der Waals surface area contributed by atoms with Crippen LogP contribution in [0, 0.1) is 12.3 Å². The summed E-state index contributed by atoms with van der Waals surface area (Å²) in [6, 6.07) is 6.22. The van der Waals surface area contributed by atoms with Crippen molar-refractivity contribution in [1.82, 2.24) is 24.0 Å². The van der Waals surface area contributed by atoms with Crippen LogP contribution in [0.15, 0.2) is 43.0 Å². The topological polar surface area (TPSA) is 60.0 Å². The van der Waals surface area contributed by atoms with Crippen molar-refractivity contribution in [1.29, 1.82) is 0 Å². The number of nitrogens with zero attached hydrogens (tertiary/aromatic N) is 6. The molecule has 154 valence electrons. The van der Waals surface area contributed by atoms with Crippen molar-refractivity contribution in [2.75, 3.05) is 24.6 Å². The Balaban J connectivity index is 1.38. The Morgan fingerprint density at radius 2 is 2.00 bits per heavy atom. The zero-order valence-corrected chi connectivity index (χ0v) is 17.5. The van der Waals surface area contributed by atoms with Crippen molar-refractivity contribution >= 4 is 17.1 Å². The molecule has 7 heteroatoms. The second-order valence-corrected chi connectivity index (χ2v) is 8.92. The second kappa shape index (κ2) is 6.54. The predicted octanol–water partition coefficient (Wildman–Crippen LogP) is 3.75. The van der Waals surface area contributed by atoms with Crippen LogP contribution in [0.4, 0.5) is 5.95 Å². The van der Waals surface area contributed by atoms with E-state index in [1.165, 1.54) is 6.42 Å². The molecule has 2 aliphatic rings. The molecule has 30 heavy (non-hydrogen) atoms. The van der Waals surface area contributed by atoms with Crippen LogP contribution in [0.2, 0.25) is 0 Å². The van der Waals surface area contributed by atoms with Gasteiger partial charge in [-0.05, 0) is 50.7 Å². The van der Waals surface area contributed by atoms with E-state index in [1.54, 1.807) is 0 Å². The molecule has 0 aromatic carbocycles. The molecule has 6 heterocycles. The first kappa shape index (κ1) is 17.9. The van der Waals surface area contributed by atoms with E-state index in [-0.39, 0.29) is 0 Å². The van der Waals surface area contributed by atoms with Crippen molar-refractivity contribution in [3.63, 3.8) is 0 Å². The van der Waals surface area contributed by atoms with Crippen molar-refractivity contribution in [2.24, 2.45) is 5.41 Å². The number of fused-ring (bicyclic) bond motifs is 2. The minimum Gasteiger partial charge on any atom is -0.378 e. The summed E-state index contributed by atoms with van der Waals surface area (Å²) in [6.07, 6.45) is 11.7. The average molecular weight is 403 g/mol. The minimum atomic E-state index is 0.359. The quantitative estimate of drug-likeness (QED) is 0.511. The van der Waals surface area contributed by atoms with Crippen LogP contribution in [-0.4, -0.2) is 49.8 Å². The maximum Gasteiger partial charge on any atom is 0.211 e. The van der Waals surface area contributed by atoms with E-state index in [9.17, 15) is 0 Å². The Bertz CT molecular complexity index is 1230. The summed E-state index contributed by atoms with van der Waals surface area (Å²) in [7, 11) is 0. The number of aryl methyl sites for hydroxylation is 1. The first-order valence-corrected chi connectivity index (χ1v) is 10.8. The highest BCUT2D eigenvalue weighted by Gasteiger charge is 2.41. The van der Waals surface area contributed by atoms with Gasteiger partial charge in [0.25, 0.3) is 0 Å². The second-order valence-electron chi connectivity index (χ2n) is 8.92. The predicted molar refractivity (Wildman–Crippen MR) is 116 cm³/mol. The van der Waals surface area contributed by atoms with Crippen molar-refractivity contribution in [3.05, 3.63) is 48.7 Å². The van der Waals surface area contributed by atoms with Gasteiger partial charge >= 0.3 is 0 Å². The molecule has 6 rings (SSSR count). The smallest absolute Gasteiger partial charge is 0.211 e. The lowest BCUT2D eigenvalue weighted by Gasteiger charge is -2.39. The van der Waals surface area contributed by atoms with Gasteiger partial charge in [-0.15, -0.1) is 0 Å². The van der Waals surface area contributed by atoms with E-state index in [0.717, 1.165) is 66.5 Å². The number of rotatable bonds is 2. The number of aromatic nitrogens is 5. The lowest BCUT2D eigenvalue weighted by atomic mass is 9.77. The Kier molecular flexibility index (Phi) is 3.90. The van der Waals surface area contributed by atoms with Gasteiger partial charge < -0.3 is 9.64 Å². The maximum atomic E-state index is 5.90. The van der Waals surface area contributed by atoms with Crippen LogP contribution in [0.3, 0.4) is 0 Å². The van der Waals surface area contributed by atoms with Crippen LogP contribution in [0.25, 0.3) is 22.3 Å². The molecule has 1 atom stereocenters. The molecule has 1 spiro atoms. The molecule has 2 aliphatic heterocycles. The van der Waals surface area contributed by atoms with Crippen molar-refractivity contribution in [3.8, 4) is 11.1 Å². The summed E-state index contributed by atoms with van der Waals surface area (Å²) >= 11 is 0. The summed E-state index contributed by atoms with van der Waals surface area (Å²) in [6.45, 7) is 7.20. The molecule has 2 fully saturated rings. The summed E-state index contributed by atoms with van der Waals surface area (Å²) < 4.78 is 9.94. The van der Waals surface area contributed by atoms with Gasteiger partial charge in [-0.2, -0.15) is 5.10 Å². The number of hydrogen-bond donors (Lipinski definition) is 0. The molecular formula is C23H26N6O. The molecule has 0 saturated carbocycles.